The first-order valence-electron chi connectivity index (χ1n) is 10.8. The zero-order valence-electron chi connectivity index (χ0n) is 18.6. The molecule has 196 valence electrons. The number of ether oxygens (including phenoxy) is 2. The Morgan fingerprint density at radius 1 is 0.943 bits per heavy atom. The van der Waals surface area contributed by atoms with Crippen LogP contribution in [-0.2, 0) is 27.1 Å². The van der Waals surface area contributed by atoms with E-state index in [1.54, 1.807) is 6.07 Å². The number of benzene rings is 2. The number of aliphatic hydroxyl groups excluding tert-OH is 3. The average molecular weight is 519 g/mol. The topological polar surface area (TPSA) is 123 Å². The maximum absolute atomic E-state index is 13.0. The molecule has 2 heterocycles. The Morgan fingerprint density at radius 3 is 1.83 bits per heavy atom. The van der Waals surface area contributed by atoms with E-state index in [0.717, 1.165) is 17.4 Å². The van der Waals surface area contributed by atoms with E-state index in [2.05, 4.69) is 4.18 Å². The Morgan fingerprint density at radius 2 is 1.40 bits per heavy atom. The van der Waals surface area contributed by atoms with Gasteiger partial charge in [-0.15, -0.1) is 0 Å². The van der Waals surface area contributed by atoms with Gasteiger partial charge in [-0.3, -0.25) is 4.18 Å². The Labute approximate surface area is 204 Å². The molecule has 11 heteroatoms. The van der Waals surface area contributed by atoms with E-state index < -0.39 is 34.5 Å². The summed E-state index contributed by atoms with van der Waals surface area (Å²) in [6, 6.07) is 8.50. The second-order valence-electron chi connectivity index (χ2n) is 8.20. The molecule has 8 nitrogen and oxygen atoms in total. The highest BCUT2D eigenvalue weighted by molar-refractivity contribution is 7.85. The molecule has 4 rings (SSSR count). The van der Waals surface area contributed by atoms with Crippen molar-refractivity contribution in [2.75, 3.05) is 19.5 Å². The first-order valence-corrected chi connectivity index (χ1v) is 12.6. The normalized spacial score (nSPS) is 20.4. The summed E-state index contributed by atoms with van der Waals surface area (Å²) < 4.78 is 63.1. The van der Waals surface area contributed by atoms with Crippen LogP contribution in [0.5, 0.6) is 11.5 Å². The maximum Gasteiger partial charge on any atom is 0.264 e. The first-order chi connectivity index (χ1) is 16.1. The van der Waals surface area contributed by atoms with Crippen molar-refractivity contribution in [3.63, 3.8) is 0 Å². The summed E-state index contributed by atoms with van der Waals surface area (Å²) in [6.07, 6.45) is 0.342. The molecule has 0 radical (unpaired) electrons. The van der Waals surface area contributed by atoms with Gasteiger partial charge in [0.25, 0.3) is 10.1 Å². The number of rotatable bonds is 6. The fraction of sp³-hybridized carbons (Fsp3) is 0.500. The van der Waals surface area contributed by atoms with Crippen LogP contribution in [0.1, 0.15) is 31.4 Å². The van der Waals surface area contributed by atoms with E-state index in [-0.39, 0.29) is 32.3 Å². The molecule has 0 spiro atoms. The fourth-order valence-corrected chi connectivity index (χ4v) is 4.10. The largest absolute Gasteiger partial charge is 0.487 e. The summed E-state index contributed by atoms with van der Waals surface area (Å²) >= 11 is 0. The highest BCUT2D eigenvalue weighted by atomic mass is 32.2. The predicted octanol–water partition coefficient (Wildman–Crippen LogP) is 2.37. The zero-order valence-corrected chi connectivity index (χ0v) is 19.4. The van der Waals surface area contributed by atoms with Crippen LogP contribution in [0.25, 0.3) is 0 Å². The average Bonchev–Trinajstić information content (AvgIpc) is 2.81. The molecule has 0 saturated carbocycles. The smallest absolute Gasteiger partial charge is 0.264 e. The summed E-state index contributed by atoms with van der Waals surface area (Å²) in [7, 11) is -3.59. The highest BCUT2D eigenvalue weighted by Crippen LogP contribution is 2.30. The van der Waals surface area contributed by atoms with E-state index >= 15 is 0 Å². The first kappa shape index (κ1) is 28.9. The standard InChI is InChI=1S/C12H15FO5S.C11H13FO3.CH4/c1-19(15,16)17-7-10(14)12-4-2-8-6-9(13)3-5-11(8)18-12;12-8-2-4-10-7(5-8)1-3-11(15-10)9(14)6-13;/h3,5-6,10,12,14H,2,4,7H2,1H3;2,4-5,9,11,13-14H,1,3,6H2;1H4. The molecule has 3 N–H and O–H groups in total. The van der Waals surface area contributed by atoms with Crippen LogP contribution >= 0.6 is 0 Å². The van der Waals surface area contributed by atoms with E-state index in [4.69, 9.17) is 14.6 Å². The number of hydrogen-bond acceptors (Lipinski definition) is 8. The quantitative estimate of drug-likeness (QED) is 0.499. The molecule has 4 atom stereocenters. The molecule has 0 aliphatic carbocycles. The van der Waals surface area contributed by atoms with Gasteiger partial charge in [-0.05, 0) is 73.2 Å². The molecule has 0 saturated heterocycles. The molecule has 4 unspecified atom stereocenters. The van der Waals surface area contributed by atoms with E-state index in [1.165, 1.54) is 30.3 Å². The molecule has 2 aliphatic heterocycles. The molecule has 2 aromatic carbocycles. The van der Waals surface area contributed by atoms with Crippen LogP contribution in [0, 0.1) is 11.6 Å². The molecule has 2 aliphatic rings. The van der Waals surface area contributed by atoms with Crippen molar-refractivity contribution in [2.45, 2.75) is 57.5 Å². The Bertz CT molecular complexity index is 1080. The molecular weight excluding hydrogens is 486 g/mol. The third-order valence-electron chi connectivity index (χ3n) is 5.50. The third-order valence-corrected chi connectivity index (χ3v) is 6.06. The van der Waals surface area contributed by atoms with Crippen molar-refractivity contribution in [3.05, 3.63) is 59.2 Å². The minimum absolute atomic E-state index is 0. The number of aryl methyl sites for hydroxylation is 2. The molecule has 0 fully saturated rings. The van der Waals surface area contributed by atoms with Crippen molar-refractivity contribution in [1.82, 2.24) is 0 Å². The molecule has 0 aromatic heterocycles. The van der Waals surface area contributed by atoms with Gasteiger partial charge in [-0.2, -0.15) is 8.42 Å². The van der Waals surface area contributed by atoms with Gasteiger partial charge in [0.05, 0.1) is 19.5 Å². The lowest BCUT2D eigenvalue weighted by Gasteiger charge is -2.29. The minimum Gasteiger partial charge on any atom is -0.487 e. The van der Waals surface area contributed by atoms with Crippen LogP contribution in [0.15, 0.2) is 36.4 Å². The second-order valence-corrected chi connectivity index (χ2v) is 9.84. The maximum atomic E-state index is 13.0. The molecule has 2 aromatic rings. The van der Waals surface area contributed by atoms with Crippen LogP contribution in [0.4, 0.5) is 8.78 Å². The van der Waals surface area contributed by atoms with Crippen LogP contribution < -0.4 is 9.47 Å². The van der Waals surface area contributed by atoms with E-state index in [9.17, 15) is 27.4 Å². The number of aliphatic hydroxyl groups is 3. The van der Waals surface area contributed by atoms with Crippen molar-refractivity contribution in [2.24, 2.45) is 0 Å². The van der Waals surface area contributed by atoms with Crippen molar-refractivity contribution >= 4 is 10.1 Å². The van der Waals surface area contributed by atoms with Gasteiger partial charge in [0.2, 0.25) is 0 Å². The lowest BCUT2D eigenvalue weighted by atomic mass is 9.99. The Hall–Kier alpha value is -2.31. The van der Waals surface area contributed by atoms with Gasteiger partial charge in [0.15, 0.2) is 0 Å². The van der Waals surface area contributed by atoms with Gasteiger partial charge < -0.3 is 24.8 Å². The van der Waals surface area contributed by atoms with Gasteiger partial charge in [-0.25, -0.2) is 8.78 Å². The van der Waals surface area contributed by atoms with Crippen molar-refractivity contribution in [3.8, 4) is 11.5 Å². The zero-order chi connectivity index (χ0) is 24.9. The van der Waals surface area contributed by atoms with Crippen molar-refractivity contribution < 1.29 is 46.2 Å². The number of fused-ring (bicyclic) bond motifs is 2. The van der Waals surface area contributed by atoms with Crippen LogP contribution in [-0.4, -0.2) is 67.6 Å². The molecule has 0 bridgehead atoms. The predicted molar refractivity (Wildman–Crippen MR) is 125 cm³/mol. The monoisotopic (exact) mass is 518 g/mol. The highest BCUT2D eigenvalue weighted by Gasteiger charge is 2.28. The van der Waals surface area contributed by atoms with Gasteiger partial charge in [0.1, 0.15) is 47.5 Å². The summed E-state index contributed by atoms with van der Waals surface area (Å²) in [5.41, 5.74) is 1.56. The summed E-state index contributed by atoms with van der Waals surface area (Å²) in [5, 5.41) is 28.0. The number of halogens is 2. The Balaban J connectivity index is 0.000000246. The van der Waals surface area contributed by atoms with Gasteiger partial charge >= 0.3 is 0 Å². The lowest BCUT2D eigenvalue weighted by molar-refractivity contribution is -0.00965. The summed E-state index contributed by atoms with van der Waals surface area (Å²) in [6.45, 7) is -0.665. The third kappa shape index (κ3) is 8.39. The fourth-order valence-electron chi connectivity index (χ4n) is 3.72. The molecule has 0 amide bonds. The van der Waals surface area contributed by atoms with Crippen molar-refractivity contribution in [1.29, 1.82) is 0 Å². The lowest BCUT2D eigenvalue weighted by Crippen LogP contribution is -2.38. The second kappa shape index (κ2) is 12.6. The van der Waals surface area contributed by atoms with Gasteiger partial charge in [-0.1, -0.05) is 7.43 Å². The number of hydrogen-bond donors (Lipinski definition) is 3. The van der Waals surface area contributed by atoms with E-state index in [0.29, 0.717) is 37.2 Å². The Kier molecular flexibility index (Phi) is 10.4. The van der Waals surface area contributed by atoms with Gasteiger partial charge in [0, 0.05) is 0 Å². The minimum atomic E-state index is -3.59. The molecule has 35 heavy (non-hydrogen) atoms. The summed E-state index contributed by atoms with van der Waals surface area (Å²) in [4.78, 5) is 0. The van der Waals surface area contributed by atoms with Crippen LogP contribution in [0.3, 0.4) is 0 Å². The molecular formula is C24H32F2O8S. The SMILES string of the molecule is C.CS(=O)(=O)OCC(O)C1CCc2cc(F)ccc2O1.OCC(O)C1CCc2cc(F)ccc2O1. The summed E-state index contributed by atoms with van der Waals surface area (Å²) in [5.74, 6) is 0.497. The van der Waals surface area contributed by atoms with Crippen LogP contribution in [0.2, 0.25) is 0 Å². The van der Waals surface area contributed by atoms with E-state index in [1.807, 2.05) is 0 Å².